The number of nitrogens with zero attached hydrogens (tertiary/aromatic N) is 1. The highest BCUT2D eigenvalue weighted by atomic mass is 16.5. The molecule has 0 atom stereocenters. The smallest absolute Gasteiger partial charge is 0.252 e. The van der Waals surface area contributed by atoms with E-state index in [9.17, 15) is 0 Å². The van der Waals surface area contributed by atoms with Crippen LogP contribution in [0.4, 0.5) is 5.69 Å². The summed E-state index contributed by atoms with van der Waals surface area (Å²) in [6.07, 6.45) is 3.22. The Bertz CT molecular complexity index is 504. The highest BCUT2D eigenvalue weighted by Gasteiger charge is 2.16. The Kier molecular flexibility index (Phi) is 2.29. The highest BCUT2D eigenvalue weighted by molar-refractivity contribution is 6.03. The number of pyridine rings is 1. The Balaban J connectivity index is 2.53. The van der Waals surface area contributed by atoms with Gasteiger partial charge in [0.25, 0.3) is 5.90 Å². The fraction of sp³-hybridized carbons (Fsp3) is 0.200. The normalized spacial score (nSPS) is 10.5. The number of furan rings is 1. The van der Waals surface area contributed by atoms with Crippen LogP contribution in [0.3, 0.4) is 0 Å². The van der Waals surface area contributed by atoms with Crippen LogP contribution < -0.4 is 5.73 Å². The Hall–Kier alpha value is -2.04. The van der Waals surface area contributed by atoms with E-state index in [0.29, 0.717) is 23.3 Å². The predicted molar refractivity (Wildman–Crippen MR) is 56.9 cm³/mol. The number of aromatic nitrogens is 1. The van der Waals surface area contributed by atoms with Gasteiger partial charge in [-0.3, -0.25) is 10.4 Å². The number of nitrogen functional groups attached to an aromatic ring is 1. The maximum Gasteiger partial charge on any atom is 0.252 e. The van der Waals surface area contributed by atoms with Gasteiger partial charge in [0.2, 0.25) is 5.76 Å². The van der Waals surface area contributed by atoms with Crippen molar-refractivity contribution in [3.05, 3.63) is 24.2 Å². The summed E-state index contributed by atoms with van der Waals surface area (Å²) in [5.74, 6) is 0.214. The molecule has 78 valence electrons. The number of rotatable bonds is 2. The van der Waals surface area contributed by atoms with Crippen LogP contribution in [0.5, 0.6) is 0 Å². The third kappa shape index (κ3) is 1.52. The number of nitrogens with one attached hydrogen (secondary N) is 1. The van der Waals surface area contributed by atoms with Crippen LogP contribution in [0, 0.1) is 5.41 Å². The third-order valence-electron chi connectivity index (χ3n) is 2.02. The Labute approximate surface area is 86.4 Å². The van der Waals surface area contributed by atoms with Gasteiger partial charge in [-0.15, -0.1) is 0 Å². The van der Waals surface area contributed by atoms with Crippen LogP contribution >= 0.6 is 0 Å². The van der Waals surface area contributed by atoms with Gasteiger partial charge >= 0.3 is 0 Å². The summed E-state index contributed by atoms with van der Waals surface area (Å²) in [5.41, 5.74) is 6.83. The summed E-state index contributed by atoms with van der Waals surface area (Å²) in [7, 11) is 0. The number of nitrogens with two attached hydrogens (primary N) is 1. The van der Waals surface area contributed by atoms with Crippen LogP contribution in [0.2, 0.25) is 0 Å². The molecular weight excluding hydrogens is 194 g/mol. The minimum Gasteiger partial charge on any atom is -0.476 e. The van der Waals surface area contributed by atoms with Crippen LogP contribution in [0.1, 0.15) is 12.7 Å². The minimum atomic E-state index is -0.0498. The van der Waals surface area contributed by atoms with E-state index in [-0.39, 0.29) is 11.7 Å². The molecule has 0 saturated heterocycles. The lowest BCUT2D eigenvalue weighted by atomic mass is 10.2. The number of ether oxygens (including phenoxy) is 1. The van der Waals surface area contributed by atoms with Gasteiger partial charge in [0.05, 0.1) is 17.7 Å². The average Bonchev–Trinajstić information content (AvgIpc) is 2.57. The van der Waals surface area contributed by atoms with Crippen LogP contribution in [-0.4, -0.2) is 17.5 Å². The Morgan fingerprint density at radius 2 is 2.47 bits per heavy atom. The lowest BCUT2D eigenvalue weighted by Gasteiger charge is -2.01. The first-order valence-corrected chi connectivity index (χ1v) is 4.57. The van der Waals surface area contributed by atoms with Crippen molar-refractivity contribution in [1.82, 2.24) is 4.98 Å². The summed E-state index contributed by atoms with van der Waals surface area (Å²) in [5, 5.41) is 8.29. The van der Waals surface area contributed by atoms with Crippen molar-refractivity contribution in [3.8, 4) is 0 Å². The van der Waals surface area contributed by atoms with Gasteiger partial charge in [-0.1, -0.05) is 0 Å². The Morgan fingerprint density at radius 3 is 3.13 bits per heavy atom. The molecule has 2 aromatic rings. The van der Waals surface area contributed by atoms with E-state index in [1.54, 1.807) is 25.4 Å². The molecule has 0 fully saturated rings. The van der Waals surface area contributed by atoms with Crippen LogP contribution in [-0.2, 0) is 4.74 Å². The molecule has 2 aromatic heterocycles. The summed E-state index contributed by atoms with van der Waals surface area (Å²) in [6, 6.07) is 1.70. The maximum atomic E-state index is 7.59. The van der Waals surface area contributed by atoms with E-state index in [1.165, 1.54) is 0 Å². The molecule has 2 heterocycles. The number of hydrogen-bond donors (Lipinski definition) is 2. The third-order valence-corrected chi connectivity index (χ3v) is 2.02. The fourth-order valence-corrected chi connectivity index (χ4v) is 1.34. The quantitative estimate of drug-likeness (QED) is 0.578. The number of fused-ring (bicyclic) bond motifs is 1. The van der Waals surface area contributed by atoms with E-state index >= 15 is 0 Å². The van der Waals surface area contributed by atoms with Crippen molar-refractivity contribution in [2.45, 2.75) is 6.92 Å². The molecule has 0 aliphatic heterocycles. The van der Waals surface area contributed by atoms with Crippen LogP contribution in [0.25, 0.3) is 11.0 Å². The van der Waals surface area contributed by atoms with E-state index in [2.05, 4.69) is 4.98 Å². The lowest BCUT2D eigenvalue weighted by molar-refractivity contribution is 0.317. The molecule has 0 unspecified atom stereocenters. The SMILES string of the molecule is CCOC(=N)c1oc2ccncc2c1N. The zero-order chi connectivity index (χ0) is 10.8. The van der Waals surface area contributed by atoms with E-state index in [0.717, 1.165) is 0 Å². The summed E-state index contributed by atoms with van der Waals surface area (Å²) >= 11 is 0. The zero-order valence-corrected chi connectivity index (χ0v) is 8.28. The second kappa shape index (κ2) is 3.61. The molecule has 5 heteroatoms. The molecular formula is C10H11N3O2. The topological polar surface area (TPSA) is 85.1 Å². The lowest BCUT2D eigenvalue weighted by Crippen LogP contribution is -2.05. The molecule has 0 saturated carbocycles. The maximum absolute atomic E-state index is 7.59. The molecule has 0 aliphatic rings. The molecule has 0 amide bonds. The second-order valence-corrected chi connectivity index (χ2v) is 2.98. The first kappa shape index (κ1) is 9.51. The van der Waals surface area contributed by atoms with Crippen molar-refractivity contribution >= 4 is 22.6 Å². The van der Waals surface area contributed by atoms with Crippen molar-refractivity contribution in [2.24, 2.45) is 0 Å². The minimum absolute atomic E-state index is 0.0498. The van der Waals surface area contributed by atoms with Gasteiger partial charge in [-0.25, -0.2) is 0 Å². The average molecular weight is 205 g/mol. The summed E-state index contributed by atoms with van der Waals surface area (Å²) in [4.78, 5) is 3.94. The van der Waals surface area contributed by atoms with E-state index in [4.69, 9.17) is 20.3 Å². The number of hydrogen-bond acceptors (Lipinski definition) is 5. The molecule has 5 nitrogen and oxygen atoms in total. The molecule has 0 aromatic carbocycles. The molecule has 0 spiro atoms. The zero-order valence-electron chi connectivity index (χ0n) is 8.28. The molecule has 0 radical (unpaired) electrons. The second-order valence-electron chi connectivity index (χ2n) is 2.98. The summed E-state index contributed by atoms with van der Waals surface area (Å²) in [6.45, 7) is 2.21. The standard InChI is InChI=1S/C10H11N3O2/c1-2-14-10(12)9-8(11)6-5-13-4-3-7(6)15-9/h3-5,12H,2,11H2,1H3. The molecule has 0 bridgehead atoms. The van der Waals surface area contributed by atoms with Crippen LogP contribution in [0.15, 0.2) is 22.9 Å². The molecule has 3 N–H and O–H groups in total. The van der Waals surface area contributed by atoms with Crippen molar-refractivity contribution < 1.29 is 9.15 Å². The van der Waals surface area contributed by atoms with E-state index in [1.807, 2.05) is 0 Å². The first-order valence-electron chi connectivity index (χ1n) is 4.57. The van der Waals surface area contributed by atoms with Gasteiger partial charge < -0.3 is 14.9 Å². The van der Waals surface area contributed by atoms with Gasteiger partial charge in [0.15, 0.2) is 0 Å². The van der Waals surface area contributed by atoms with Gasteiger partial charge in [0, 0.05) is 12.4 Å². The van der Waals surface area contributed by atoms with Crippen molar-refractivity contribution in [2.75, 3.05) is 12.3 Å². The number of anilines is 1. The van der Waals surface area contributed by atoms with Gasteiger partial charge in [0.1, 0.15) is 5.58 Å². The van der Waals surface area contributed by atoms with E-state index < -0.39 is 0 Å². The van der Waals surface area contributed by atoms with Gasteiger partial charge in [-0.05, 0) is 13.0 Å². The molecule has 2 rings (SSSR count). The fourth-order valence-electron chi connectivity index (χ4n) is 1.34. The first-order chi connectivity index (χ1) is 7.24. The summed E-state index contributed by atoms with van der Waals surface area (Å²) < 4.78 is 10.4. The molecule has 0 aliphatic carbocycles. The molecule has 15 heavy (non-hydrogen) atoms. The largest absolute Gasteiger partial charge is 0.476 e. The van der Waals surface area contributed by atoms with Gasteiger partial charge in [-0.2, -0.15) is 0 Å². The van der Waals surface area contributed by atoms with Crippen molar-refractivity contribution in [1.29, 1.82) is 5.41 Å². The Morgan fingerprint density at radius 1 is 1.67 bits per heavy atom. The van der Waals surface area contributed by atoms with Crippen molar-refractivity contribution in [3.63, 3.8) is 0 Å². The highest BCUT2D eigenvalue weighted by Crippen LogP contribution is 2.27. The predicted octanol–water partition coefficient (Wildman–Crippen LogP) is 1.77. The monoisotopic (exact) mass is 205 g/mol.